The first-order valence-electron chi connectivity index (χ1n) is 5.72. The SMILES string of the molecule is Nc1cc(Cl)cc(-c2nnc3n2CCCC3)c1. The van der Waals surface area contributed by atoms with Crippen molar-refractivity contribution in [3.05, 3.63) is 29.0 Å². The largest absolute Gasteiger partial charge is 0.399 e. The predicted molar refractivity (Wildman–Crippen MR) is 67.8 cm³/mol. The number of anilines is 1. The van der Waals surface area contributed by atoms with Crippen LogP contribution in [0.3, 0.4) is 0 Å². The Balaban J connectivity index is 2.11. The highest BCUT2D eigenvalue weighted by Crippen LogP contribution is 2.27. The first-order valence-corrected chi connectivity index (χ1v) is 6.10. The van der Waals surface area contributed by atoms with Gasteiger partial charge in [-0.15, -0.1) is 10.2 Å². The Bertz CT molecular complexity index is 541. The van der Waals surface area contributed by atoms with Gasteiger partial charge in [0.1, 0.15) is 5.82 Å². The molecular formula is C12H13ClN4. The molecule has 1 aromatic heterocycles. The Morgan fingerprint density at radius 2 is 2.06 bits per heavy atom. The molecule has 2 aromatic rings. The fourth-order valence-electron chi connectivity index (χ4n) is 2.26. The molecule has 0 atom stereocenters. The quantitative estimate of drug-likeness (QED) is 0.789. The molecule has 0 aliphatic carbocycles. The number of aryl methyl sites for hydroxylation is 1. The van der Waals surface area contributed by atoms with Crippen LogP contribution in [0.1, 0.15) is 18.7 Å². The van der Waals surface area contributed by atoms with E-state index in [9.17, 15) is 0 Å². The third-order valence-electron chi connectivity index (χ3n) is 3.04. The highest BCUT2D eigenvalue weighted by molar-refractivity contribution is 6.31. The van der Waals surface area contributed by atoms with Gasteiger partial charge in [0.05, 0.1) is 0 Å². The highest BCUT2D eigenvalue weighted by atomic mass is 35.5. The van der Waals surface area contributed by atoms with Crippen molar-refractivity contribution in [2.45, 2.75) is 25.8 Å². The van der Waals surface area contributed by atoms with Crippen molar-refractivity contribution in [3.63, 3.8) is 0 Å². The van der Waals surface area contributed by atoms with E-state index in [0.29, 0.717) is 10.7 Å². The van der Waals surface area contributed by atoms with E-state index in [1.807, 2.05) is 12.1 Å². The second-order valence-electron chi connectivity index (χ2n) is 4.32. The Morgan fingerprint density at radius 3 is 2.88 bits per heavy atom. The Kier molecular flexibility index (Phi) is 2.52. The van der Waals surface area contributed by atoms with Crippen LogP contribution in [0.4, 0.5) is 5.69 Å². The van der Waals surface area contributed by atoms with Crippen molar-refractivity contribution >= 4 is 17.3 Å². The van der Waals surface area contributed by atoms with Crippen LogP contribution in [-0.4, -0.2) is 14.8 Å². The molecule has 1 aliphatic rings. The maximum atomic E-state index is 6.01. The van der Waals surface area contributed by atoms with Gasteiger partial charge >= 0.3 is 0 Å². The molecule has 0 radical (unpaired) electrons. The van der Waals surface area contributed by atoms with E-state index < -0.39 is 0 Å². The zero-order valence-electron chi connectivity index (χ0n) is 9.36. The molecule has 1 aromatic carbocycles. The van der Waals surface area contributed by atoms with Crippen LogP contribution in [0, 0.1) is 0 Å². The van der Waals surface area contributed by atoms with Gasteiger partial charge in [0.25, 0.3) is 0 Å². The number of aromatic nitrogens is 3. The second kappa shape index (κ2) is 4.04. The zero-order chi connectivity index (χ0) is 11.8. The summed E-state index contributed by atoms with van der Waals surface area (Å²) < 4.78 is 2.16. The molecular weight excluding hydrogens is 236 g/mol. The van der Waals surface area contributed by atoms with Gasteiger partial charge in [-0.3, -0.25) is 0 Å². The smallest absolute Gasteiger partial charge is 0.164 e. The summed E-state index contributed by atoms with van der Waals surface area (Å²) in [7, 11) is 0. The number of fused-ring (bicyclic) bond motifs is 1. The van der Waals surface area contributed by atoms with Crippen LogP contribution in [0.15, 0.2) is 18.2 Å². The summed E-state index contributed by atoms with van der Waals surface area (Å²) in [4.78, 5) is 0. The molecule has 0 bridgehead atoms. The predicted octanol–water partition coefficient (Wildman–Crippen LogP) is 2.52. The summed E-state index contributed by atoms with van der Waals surface area (Å²) in [5.41, 5.74) is 7.39. The van der Waals surface area contributed by atoms with Crippen molar-refractivity contribution < 1.29 is 0 Å². The topological polar surface area (TPSA) is 56.7 Å². The monoisotopic (exact) mass is 248 g/mol. The average Bonchev–Trinajstić information content (AvgIpc) is 2.71. The Labute approximate surface area is 104 Å². The van der Waals surface area contributed by atoms with Gasteiger partial charge in [0.15, 0.2) is 5.82 Å². The molecule has 0 saturated heterocycles. The zero-order valence-corrected chi connectivity index (χ0v) is 10.1. The van der Waals surface area contributed by atoms with E-state index in [4.69, 9.17) is 17.3 Å². The van der Waals surface area contributed by atoms with Crippen LogP contribution >= 0.6 is 11.6 Å². The van der Waals surface area contributed by atoms with E-state index >= 15 is 0 Å². The van der Waals surface area contributed by atoms with Gasteiger partial charge in [-0.1, -0.05) is 11.6 Å². The number of benzene rings is 1. The molecule has 0 fully saturated rings. The third kappa shape index (κ3) is 1.89. The molecule has 2 N–H and O–H groups in total. The number of nitrogens with zero attached hydrogens (tertiary/aromatic N) is 3. The molecule has 0 unspecified atom stereocenters. The van der Waals surface area contributed by atoms with Crippen LogP contribution in [0.5, 0.6) is 0 Å². The molecule has 0 spiro atoms. The van der Waals surface area contributed by atoms with E-state index in [1.165, 1.54) is 12.8 Å². The first kappa shape index (κ1) is 10.6. The van der Waals surface area contributed by atoms with Gasteiger partial charge in [0, 0.05) is 29.2 Å². The van der Waals surface area contributed by atoms with Crippen molar-refractivity contribution in [3.8, 4) is 11.4 Å². The maximum Gasteiger partial charge on any atom is 0.164 e. The molecule has 3 rings (SSSR count). The number of halogens is 1. The maximum absolute atomic E-state index is 6.01. The summed E-state index contributed by atoms with van der Waals surface area (Å²) in [6.45, 7) is 0.976. The van der Waals surface area contributed by atoms with Gasteiger partial charge in [-0.25, -0.2) is 0 Å². The fraction of sp³-hybridized carbons (Fsp3) is 0.333. The lowest BCUT2D eigenvalue weighted by atomic mass is 10.1. The summed E-state index contributed by atoms with van der Waals surface area (Å²) in [5.74, 6) is 1.93. The van der Waals surface area contributed by atoms with Gasteiger partial charge in [-0.05, 0) is 31.0 Å². The summed E-state index contributed by atoms with van der Waals surface area (Å²) >= 11 is 6.01. The van der Waals surface area contributed by atoms with E-state index in [1.54, 1.807) is 6.07 Å². The van der Waals surface area contributed by atoms with E-state index in [2.05, 4.69) is 14.8 Å². The van der Waals surface area contributed by atoms with Gasteiger partial charge in [-0.2, -0.15) is 0 Å². The summed E-state index contributed by atoms with van der Waals surface area (Å²) in [6.07, 6.45) is 3.37. The third-order valence-corrected chi connectivity index (χ3v) is 3.26. The fourth-order valence-corrected chi connectivity index (χ4v) is 2.51. The van der Waals surface area contributed by atoms with E-state index in [0.717, 1.165) is 30.2 Å². The van der Waals surface area contributed by atoms with Crippen LogP contribution < -0.4 is 5.73 Å². The normalized spacial score (nSPS) is 14.6. The number of nitrogens with two attached hydrogens (primary N) is 1. The minimum atomic E-state index is 0.633. The summed E-state index contributed by atoms with van der Waals surface area (Å²) in [5, 5.41) is 9.10. The lowest BCUT2D eigenvalue weighted by Gasteiger charge is -2.14. The lowest BCUT2D eigenvalue weighted by molar-refractivity contribution is 0.526. The molecule has 1 aliphatic heterocycles. The minimum Gasteiger partial charge on any atom is -0.399 e. The number of rotatable bonds is 1. The Morgan fingerprint density at radius 1 is 1.18 bits per heavy atom. The van der Waals surface area contributed by atoms with Crippen LogP contribution in [-0.2, 0) is 13.0 Å². The number of nitrogen functional groups attached to an aromatic ring is 1. The van der Waals surface area contributed by atoms with E-state index in [-0.39, 0.29) is 0 Å². The molecule has 17 heavy (non-hydrogen) atoms. The minimum absolute atomic E-state index is 0.633. The summed E-state index contributed by atoms with van der Waals surface area (Å²) in [6, 6.07) is 5.50. The van der Waals surface area contributed by atoms with Crippen molar-refractivity contribution in [2.24, 2.45) is 0 Å². The van der Waals surface area contributed by atoms with Gasteiger partial charge < -0.3 is 10.3 Å². The second-order valence-corrected chi connectivity index (χ2v) is 4.76. The molecule has 88 valence electrons. The highest BCUT2D eigenvalue weighted by Gasteiger charge is 2.17. The molecule has 0 amide bonds. The molecule has 0 saturated carbocycles. The van der Waals surface area contributed by atoms with Crippen LogP contribution in [0.2, 0.25) is 5.02 Å². The van der Waals surface area contributed by atoms with Crippen molar-refractivity contribution in [2.75, 3.05) is 5.73 Å². The van der Waals surface area contributed by atoms with Crippen molar-refractivity contribution in [1.82, 2.24) is 14.8 Å². The van der Waals surface area contributed by atoms with Gasteiger partial charge in [0.2, 0.25) is 0 Å². The van der Waals surface area contributed by atoms with Crippen LogP contribution in [0.25, 0.3) is 11.4 Å². The Hall–Kier alpha value is -1.55. The van der Waals surface area contributed by atoms with Crippen molar-refractivity contribution in [1.29, 1.82) is 0 Å². The lowest BCUT2D eigenvalue weighted by Crippen LogP contribution is -2.11. The molecule has 2 heterocycles. The average molecular weight is 249 g/mol. The number of hydrogen-bond donors (Lipinski definition) is 1. The molecule has 4 nitrogen and oxygen atoms in total. The first-order chi connectivity index (χ1) is 8.24. The molecule has 5 heteroatoms. The number of hydrogen-bond acceptors (Lipinski definition) is 3. The standard InChI is InChI=1S/C12H13ClN4/c13-9-5-8(6-10(14)7-9)12-16-15-11-3-1-2-4-17(11)12/h5-7H,1-4,14H2.